The average molecular weight is 316 g/mol. The van der Waals surface area contributed by atoms with Gasteiger partial charge in [0.05, 0.1) is 4.90 Å². The molecule has 0 saturated heterocycles. The number of hydrogen-bond acceptors (Lipinski definition) is 3. The summed E-state index contributed by atoms with van der Waals surface area (Å²) in [5.74, 6) is -0.249. The monoisotopic (exact) mass is 315 g/mol. The minimum absolute atomic E-state index is 0.0370. The van der Waals surface area contributed by atoms with Crippen molar-refractivity contribution in [3.63, 3.8) is 0 Å². The Morgan fingerprint density at radius 3 is 2.45 bits per heavy atom. The lowest BCUT2D eigenvalue weighted by Crippen LogP contribution is -2.29. The van der Waals surface area contributed by atoms with E-state index in [9.17, 15) is 13.2 Å². The van der Waals surface area contributed by atoms with Gasteiger partial charge >= 0.3 is 0 Å². The molecule has 6 heteroatoms. The maximum Gasteiger partial charge on any atom is 0.261 e. The van der Waals surface area contributed by atoms with Gasteiger partial charge in [-0.1, -0.05) is 6.92 Å². The summed E-state index contributed by atoms with van der Waals surface area (Å²) in [6, 6.07) is 2.83. The molecule has 0 atom stereocenters. The van der Waals surface area contributed by atoms with Crippen molar-refractivity contribution in [1.82, 2.24) is 5.32 Å². The van der Waals surface area contributed by atoms with E-state index in [-0.39, 0.29) is 16.2 Å². The molecule has 20 heavy (non-hydrogen) atoms. The number of carbonyl (C=O) groups is 1. The van der Waals surface area contributed by atoms with Crippen LogP contribution < -0.4 is 5.32 Å². The van der Waals surface area contributed by atoms with E-state index in [1.165, 1.54) is 12.1 Å². The van der Waals surface area contributed by atoms with Crippen molar-refractivity contribution >= 4 is 25.6 Å². The van der Waals surface area contributed by atoms with Crippen LogP contribution in [0.2, 0.25) is 0 Å². The van der Waals surface area contributed by atoms with Crippen LogP contribution in [0.25, 0.3) is 0 Å². The summed E-state index contributed by atoms with van der Waals surface area (Å²) < 4.78 is 22.9. The highest BCUT2D eigenvalue weighted by Gasteiger charge is 2.37. The van der Waals surface area contributed by atoms with E-state index >= 15 is 0 Å². The molecule has 0 bridgehead atoms. The summed E-state index contributed by atoms with van der Waals surface area (Å²) >= 11 is 0. The fraction of sp³-hybridized carbons (Fsp3) is 0.500. The zero-order valence-corrected chi connectivity index (χ0v) is 13.4. The lowest BCUT2D eigenvalue weighted by atomic mass is 10.0. The predicted octanol–water partition coefficient (Wildman–Crippen LogP) is 2.76. The molecule has 1 aromatic carbocycles. The molecule has 1 amide bonds. The van der Waals surface area contributed by atoms with E-state index in [2.05, 4.69) is 12.2 Å². The highest BCUT2D eigenvalue weighted by molar-refractivity contribution is 8.13. The molecule has 0 heterocycles. The van der Waals surface area contributed by atoms with E-state index in [1.54, 1.807) is 13.8 Å². The summed E-state index contributed by atoms with van der Waals surface area (Å²) in [6.45, 7) is 6.29. The highest BCUT2D eigenvalue weighted by Crippen LogP contribution is 2.44. The van der Waals surface area contributed by atoms with E-state index in [1.807, 2.05) is 0 Å². The Hall–Kier alpha value is -1.07. The summed E-state index contributed by atoms with van der Waals surface area (Å²) in [7, 11) is 1.52. The quantitative estimate of drug-likeness (QED) is 0.869. The molecule has 4 nitrogen and oxygen atoms in total. The first-order valence-corrected chi connectivity index (χ1v) is 8.77. The average Bonchev–Trinajstić information content (AvgIpc) is 3.07. The molecule has 0 unspecified atom stereocenters. The molecule has 0 aromatic heterocycles. The minimum atomic E-state index is -3.84. The Morgan fingerprint density at radius 1 is 1.35 bits per heavy atom. The van der Waals surface area contributed by atoms with Gasteiger partial charge in [0.25, 0.3) is 15.0 Å². The molecule has 0 spiro atoms. The number of aryl methyl sites for hydroxylation is 1. The Morgan fingerprint density at radius 2 is 1.95 bits per heavy atom. The van der Waals surface area contributed by atoms with Gasteiger partial charge in [-0.05, 0) is 55.4 Å². The van der Waals surface area contributed by atoms with E-state index in [0.717, 1.165) is 24.0 Å². The molecular formula is C14H18ClNO3S. The third-order valence-corrected chi connectivity index (χ3v) is 5.28. The van der Waals surface area contributed by atoms with Gasteiger partial charge in [-0.2, -0.15) is 0 Å². The molecule has 0 aliphatic heterocycles. The third kappa shape index (κ3) is 3.33. The van der Waals surface area contributed by atoms with Gasteiger partial charge in [0.1, 0.15) is 0 Å². The largest absolute Gasteiger partial charge is 0.351 e. The van der Waals surface area contributed by atoms with Crippen LogP contribution >= 0.6 is 10.7 Å². The lowest BCUT2D eigenvalue weighted by Gasteiger charge is -2.13. The minimum Gasteiger partial charge on any atom is -0.351 e. The number of rotatable bonds is 4. The van der Waals surface area contributed by atoms with Crippen LogP contribution in [-0.2, 0) is 9.05 Å². The van der Waals surface area contributed by atoms with Crippen LogP contribution in [0, 0.1) is 19.3 Å². The van der Waals surface area contributed by atoms with Crippen molar-refractivity contribution in [3.8, 4) is 0 Å². The summed E-state index contributed by atoms with van der Waals surface area (Å²) in [6.07, 6.45) is 2.22. The van der Waals surface area contributed by atoms with Crippen LogP contribution in [-0.4, -0.2) is 20.9 Å². The second-order valence-electron chi connectivity index (χ2n) is 5.84. The lowest BCUT2D eigenvalue weighted by molar-refractivity contribution is 0.0945. The first-order chi connectivity index (χ1) is 9.12. The Labute approximate surface area is 123 Å². The number of benzene rings is 1. The van der Waals surface area contributed by atoms with E-state index in [4.69, 9.17) is 10.7 Å². The Balaban J connectivity index is 2.30. The van der Waals surface area contributed by atoms with Gasteiger partial charge in [0.2, 0.25) is 0 Å². The van der Waals surface area contributed by atoms with Crippen molar-refractivity contribution < 1.29 is 13.2 Å². The third-order valence-electron chi connectivity index (χ3n) is 3.95. The normalized spacial score (nSPS) is 16.8. The first kappa shape index (κ1) is 15.3. The maximum absolute atomic E-state index is 12.2. The van der Waals surface area contributed by atoms with E-state index in [0.29, 0.717) is 12.1 Å². The van der Waals surface area contributed by atoms with Crippen molar-refractivity contribution in [2.75, 3.05) is 6.54 Å². The van der Waals surface area contributed by atoms with Crippen molar-refractivity contribution in [3.05, 3.63) is 28.8 Å². The molecule has 1 aromatic rings. The molecule has 1 saturated carbocycles. The van der Waals surface area contributed by atoms with Crippen LogP contribution in [0.1, 0.15) is 41.3 Å². The summed E-state index contributed by atoms with van der Waals surface area (Å²) in [5.41, 5.74) is 2.07. The van der Waals surface area contributed by atoms with Gasteiger partial charge in [0.15, 0.2) is 0 Å². The van der Waals surface area contributed by atoms with Gasteiger partial charge < -0.3 is 5.32 Å². The number of halogens is 1. The molecular weight excluding hydrogens is 298 g/mol. The number of hydrogen-bond donors (Lipinski definition) is 1. The second kappa shape index (κ2) is 5.04. The van der Waals surface area contributed by atoms with Crippen molar-refractivity contribution in [2.45, 2.75) is 38.5 Å². The second-order valence-corrected chi connectivity index (χ2v) is 8.41. The molecule has 1 aliphatic rings. The first-order valence-electron chi connectivity index (χ1n) is 6.46. The standard InChI is InChI=1S/C14H18ClNO3S/c1-9-6-11(20(15,18)19)7-12(10(9)2)13(17)16-8-14(3)4-5-14/h6-7H,4-5,8H2,1-3H3,(H,16,17). The molecule has 1 aliphatic carbocycles. The molecule has 2 rings (SSSR count). The smallest absolute Gasteiger partial charge is 0.261 e. The van der Waals surface area contributed by atoms with Gasteiger partial charge in [-0.3, -0.25) is 4.79 Å². The zero-order valence-electron chi connectivity index (χ0n) is 11.8. The van der Waals surface area contributed by atoms with Crippen molar-refractivity contribution in [2.24, 2.45) is 5.41 Å². The predicted molar refractivity (Wildman–Crippen MR) is 78.6 cm³/mol. The number of carbonyl (C=O) groups excluding carboxylic acids is 1. The van der Waals surface area contributed by atoms with Crippen LogP contribution in [0.3, 0.4) is 0 Å². The molecule has 0 radical (unpaired) electrons. The fourth-order valence-corrected chi connectivity index (χ4v) is 2.83. The summed E-state index contributed by atoms with van der Waals surface area (Å²) in [4.78, 5) is 12.2. The van der Waals surface area contributed by atoms with Crippen LogP contribution in [0.15, 0.2) is 17.0 Å². The Bertz CT molecular complexity index is 663. The van der Waals surface area contributed by atoms with Crippen LogP contribution in [0.4, 0.5) is 0 Å². The van der Waals surface area contributed by atoms with Crippen LogP contribution in [0.5, 0.6) is 0 Å². The maximum atomic E-state index is 12.2. The highest BCUT2D eigenvalue weighted by atomic mass is 35.7. The zero-order chi connectivity index (χ0) is 15.1. The SMILES string of the molecule is Cc1cc(S(=O)(=O)Cl)cc(C(=O)NCC2(C)CC2)c1C. The molecule has 110 valence electrons. The molecule has 1 fully saturated rings. The summed E-state index contributed by atoms with van der Waals surface area (Å²) in [5, 5.41) is 2.87. The fourth-order valence-electron chi connectivity index (χ4n) is 1.98. The number of nitrogens with one attached hydrogen (secondary N) is 1. The van der Waals surface area contributed by atoms with E-state index < -0.39 is 9.05 Å². The van der Waals surface area contributed by atoms with Gasteiger partial charge in [-0.25, -0.2) is 8.42 Å². The molecule has 1 N–H and O–H groups in total. The number of amides is 1. The van der Waals surface area contributed by atoms with Crippen molar-refractivity contribution in [1.29, 1.82) is 0 Å². The van der Waals surface area contributed by atoms with Gasteiger partial charge in [-0.15, -0.1) is 0 Å². The Kier molecular flexibility index (Phi) is 3.86. The topological polar surface area (TPSA) is 63.2 Å². The van der Waals surface area contributed by atoms with Gasteiger partial charge in [0, 0.05) is 22.8 Å².